The molecule has 1 aromatic rings. The number of nitrogens with one attached hydrogen (secondary N) is 1. The van der Waals surface area contributed by atoms with Gasteiger partial charge in [-0.1, -0.05) is 23.9 Å². The van der Waals surface area contributed by atoms with Gasteiger partial charge in [-0.25, -0.2) is 4.79 Å². The Labute approximate surface area is 95.2 Å². The summed E-state index contributed by atoms with van der Waals surface area (Å²) in [6.07, 6.45) is -0.475. The van der Waals surface area contributed by atoms with Gasteiger partial charge >= 0.3 is 6.09 Å². The molecule has 0 radical (unpaired) electrons. The molecule has 1 N–H and O–H groups in total. The van der Waals surface area contributed by atoms with Crippen molar-refractivity contribution in [2.45, 2.75) is 16.7 Å². The summed E-state index contributed by atoms with van der Waals surface area (Å²) < 4.78 is 29.1. The summed E-state index contributed by atoms with van der Waals surface area (Å²) in [6, 6.07) is 6.46. The number of thioether (sulfide) groups is 1. The SMILES string of the molecule is O=C1NC(c2cccc(SC(F)F)c2)CO1. The minimum atomic E-state index is -2.44. The maximum atomic E-state index is 12.2. The first kappa shape index (κ1) is 11.2. The smallest absolute Gasteiger partial charge is 0.407 e. The monoisotopic (exact) mass is 245 g/mol. The summed E-state index contributed by atoms with van der Waals surface area (Å²) in [7, 11) is 0. The summed E-state index contributed by atoms with van der Waals surface area (Å²) in [5.41, 5.74) is 0.775. The Balaban J connectivity index is 2.12. The van der Waals surface area contributed by atoms with Crippen LogP contribution >= 0.6 is 11.8 Å². The molecule has 0 bridgehead atoms. The lowest BCUT2D eigenvalue weighted by Gasteiger charge is -2.09. The average molecular weight is 245 g/mol. The molecule has 6 heteroatoms. The van der Waals surface area contributed by atoms with Gasteiger partial charge in [0.2, 0.25) is 0 Å². The number of hydrogen-bond donors (Lipinski definition) is 1. The van der Waals surface area contributed by atoms with Crippen molar-refractivity contribution in [3.63, 3.8) is 0 Å². The summed E-state index contributed by atoms with van der Waals surface area (Å²) in [4.78, 5) is 11.3. The molecule has 1 aliphatic rings. The lowest BCUT2D eigenvalue weighted by molar-refractivity contribution is 0.177. The predicted octanol–water partition coefficient (Wildman–Crippen LogP) is 2.78. The molecule has 1 fully saturated rings. The number of ether oxygens (including phenoxy) is 1. The maximum absolute atomic E-state index is 12.2. The van der Waals surface area contributed by atoms with Crippen LogP contribution in [-0.4, -0.2) is 18.5 Å². The summed E-state index contributed by atoms with van der Waals surface area (Å²) in [5.74, 6) is -2.44. The zero-order chi connectivity index (χ0) is 11.5. The van der Waals surface area contributed by atoms with E-state index in [-0.39, 0.29) is 12.6 Å². The fourth-order valence-corrected chi connectivity index (χ4v) is 2.04. The van der Waals surface area contributed by atoms with Crippen LogP contribution in [0, 0.1) is 0 Å². The fourth-order valence-electron chi connectivity index (χ4n) is 1.47. The number of cyclic esters (lactones) is 1. The maximum Gasteiger partial charge on any atom is 0.407 e. The Bertz CT molecular complexity index is 400. The third-order valence-corrected chi connectivity index (χ3v) is 2.86. The highest BCUT2D eigenvalue weighted by molar-refractivity contribution is 7.99. The van der Waals surface area contributed by atoms with Crippen LogP contribution in [0.1, 0.15) is 11.6 Å². The molecule has 1 aliphatic heterocycles. The lowest BCUT2D eigenvalue weighted by Crippen LogP contribution is -2.18. The van der Waals surface area contributed by atoms with E-state index in [0.717, 1.165) is 5.56 Å². The summed E-state index contributed by atoms with van der Waals surface area (Å²) >= 11 is 0.485. The third kappa shape index (κ3) is 2.63. The van der Waals surface area contributed by atoms with Crippen molar-refractivity contribution in [3.05, 3.63) is 29.8 Å². The van der Waals surface area contributed by atoms with Crippen LogP contribution in [0.2, 0.25) is 0 Å². The Kier molecular flexibility index (Phi) is 3.28. The van der Waals surface area contributed by atoms with Crippen LogP contribution < -0.4 is 5.32 Å². The van der Waals surface area contributed by atoms with Gasteiger partial charge in [0, 0.05) is 4.90 Å². The molecule has 1 heterocycles. The van der Waals surface area contributed by atoms with Gasteiger partial charge < -0.3 is 10.1 Å². The third-order valence-electron chi connectivity index (χ3n) is 2.16. The zero-order valence-corrected chi connectivity index (χ0v) is 8.97. The van der Waals surface area contributed by atoms with Gasteiger partial charge in [0.15, 0.2) is 0 Å². The standard InChI is InChI=1S/C10H9F2NO2S/c11-9(12)16-7-3-1-2-6(4-7)8-5-15-10(14)13-8/h1-4,8-9H,5H2,(H,13,14). The molecule has 1 saturated heterocycles. The minimum absolute atomic E-state index is 0.238. The molecule has 86 valence electrons. The Morgan fingerprint density at radius 2 is 2.31 bits per heavy atom. The summed E-state index contributed by atoms with van der Waals surface area (Å²) in [5, 5.41) is 2.59. The molecule has 0 aromatic heterocycles. The van der Waals surface area contributed by atoms with Gasteiger partial charge in [0.1, 0.15) is 6.61 Å². The van der Waals surface area contributed by atoms with Crippen LogP contribution in [0.5, 0.6) is 0 Å². The van der Waals surface area contributed by atoms with E-state index in [1.165, 1.54) is 0 Å². The van der Waals surface area contributed by atoms with Crippen molar-refractivity contribution in [1.82, 2.24) is 5.32 Å². The number of halogens is 2. The van der Waals surface area contributed by atoms with E-state index >= 15 is 0 Å². The van der Waals surface area contributed by atoms with Gasteiger partial charge in [-0.15, -0.1) is 0 Å². The van der Waals surface area contributed by atoms with Crippen molar-refractivity contribution < 1.29 is 18.3 Å². The zero-order valence-electron chi connectivity index (χ0n) is 8.15. The van der Waals surface area contributed by atoms with E-state index in [4.69, 9.17) is 4.74 Å². The van der Waals surface area contributed by atoms with Crippen molar-refractivity contribution in [1.29, 1.82) is 0 Å². The van der Waals surface area contributed by atoms with Gasteiger partial charge in [-0.05, 0) is 17.7 Å². The number of alkyl halides is 2. The van der Waals surface area contributed by atoms with Crippen LogP contribution in [0.3, 0.4) is 0 Å². The second-order valence-corrected chi connectivity index (χ2v) is 4.31. The number of carbonyl (C=O) groups is 1. The quantitative estimate of drug-likeness (QED) is 0.832. The molecule has 1 atom stereocenters. The number of hydrogen-bond acceptors (Lipinski definition) is 3. The van der Waals surface area contributed by atoms with Crippen molar-refractivity contribution in [2.24, 2.45) is 0 Å². The van der Waals surface area contributed by atoms with E-state index in [2.05, 4.69) is 5.32 Å². The topological polar surface area (TPSA) is 38.3 Å². The molecule has 2 rings (SSSR count). The Hall–Kier alpha value is -1.30. The largest absolute Gasteiger partial charge is 0.447 e. The van der Waals surface area contributed by atoms with E-state index in [0.29, 0.717) is 16.7 Å². The molecule has 0 spiro atoms. The second kappa shape index (κ2) is 4.69. The lowest BCUT2D eigenvalue weighted by atomic mass is 10.1. The normalized spacial score (nSPS) is 19.7. The summed E-state index contributed by atoms with van der Waals surface area (Å²) in [6.45, 7) is 0.238. The molecule has 1 amide bonds. The highest BCUT2D eigenvalue weighted by atomic mass is 32.2. The Morgan fingerprint density at radius 1 is 1.50 bits per heavy atom. The number of benzene rings is 1. The number of carbonyl (C=O) groups excluding carboxylic acids is 1. The highest BCUT2D eigenvalue weighted by Gasteiger charge is 2.23. The molecule has 0 saturated carbocycles. The molecule has 16 heavy (non-hydrogen) atoms. The van der Waals surface area contributed by atoms with Gasteiger partial charge in [0.25, 0.3) is 5.76 Å². The predicted molar refractivity (Wildman–Crippen MR) is 55.5 cm³/mol. The van der Waals surface area contributed by atoms with Gasteiger partial charge in [-0.2, -0.15) is 8.78 Å². The van der Waals surface area contributed by atoms with Gasteiger partial charge in [-0.3, -0.25) is 0 Å². The highest BCUT2D eigenvalue weighted by Crippen LogP contribution is 2.28. The van der Waals surface area contributed by atoms with Crippen molar-refractivity contribution >= 4 is 17.9 Å². The van der Waals surface area contributed by atoms with E-state index < -0.39 is 11.9 Å². The number of alkyl carbamates (subject to hydrolysis) is 1. The molecule has 0 aliphatic carbocycles. The first-order chi connectivity index (χ1) is 7.65. The minimum Gasteiger partial charge on any atom is -0.447 e. The van der Waals surface area contributed by atoms with Crippen LogP contribution in [0.25, 0.3) is 0 Å². The molecule has 3 nitrogen and oxygen atoms in total. The first-order valence-corrected chi connectivity index (χ1v) is 5.51. The van der Waals surface area contributed by atoms with Crippen LogP contribution in [0.4, 0.5) is 13.6 Å². The van der Waals surface area contributed by atoms with Crippen LogP contribution in [0.15, 0.2) is 29.2 Å². The van der Waals surface area contributed by atoms with Crippen LogP contribution in [-0.2, 0) is 4.74 Å². The van der Waals surface area contributed by atoms with Crippen molar-refractivity contribution in [3.8, 4) is 0 Å². The van der Waals surface area contributed by atoms with E-state index in [1.54, 1.807) is 24.3 Å². The molecule has 1 unspecified atom stereocenters. The number of rotatable bonds is 3. The van der Waals surface area contributed by atoms with Gasteiger partial charge in [0.05, 0.1) is 6.04 Å². The van der Waals surface area contributed by atoms with E-state index in [9.17, 15) is 13.6 Å². The van der Waals surface area contributed by atoms with E-state index in [1.807, 2.05) is 0 Å². The number of amides is 1. The Morgan fingerprint density at radius 3 is 2.94 bits per heavy atom. The second-order valence-electron chi connectivity index (χ2n) is 3.25. The average Bonchev–Trinajstić information content (AvgIpc) is 2.64. The molecule has 1 aromatic carbocycles. The van der Waals surface area contributed by atoms with Crippen molar-refractivity contribution in [2.75, 3.05) is 6.61 Å². The first-order valence-electron chi connectivity index (χ1n) is 4.63. The fraction of sp³-hybridized carbons (Fsp3) is 0.300. The molecular weight excluding hydrogens is 236 g/mol. The molecular formula is C10H9F2NO2S.